The third-order valence-corrected chi connectivity index (χ3v) is 5.53. The summed E-state index contributed by atoms with van der Waals surface area (Å²) in [5.41, 5.74) is 4.22. The van der Waals surface area contributed by atoms with Crippen LogP contribution in [0.3, 0.4) is 0 Å². The van der Waals surface area contributed by atoms with Gasteiger partial charge in [0.05, 0.1) is 12.1 Å². The molecular formula is C28H26F2N2. The molecule has 4 aromatic rings. The van der Waals surface area contributed by atoms with E-state index in [0.29, 0.717) is 13.1 Å². The van der Waals surface area contributed by atoms with Crippen LogP contribution in [0.2, 0.25) is 0 Å². The standard InChI is InChI=1S/C28H26F2N2/c29-25-15-11-23(12-16-25)27(31-19-21-7-3-1-4-8-21)28(24-13-17-26(30)18-14-24)32-20-22-9-5-2-6-10-22/h1-18,27-28,31-32H,19-20H2/t27-,28-/m0/s1. The summed E-state index contributed by atoms with van der Waals surface area (Å²) >= 11 is 0. The molecule has 0 fully saturated rings. The minimum absolute atomic E-state index is 0.162. The van der Waals surface area contributed by atoms with Crippen LogP contribution in [0.1, 0.15) is 34.3 Å². The van der Waals surface area contributed by atoms with Gasteiger partial charge in [-0.1, -0.05) is 84.9 Å². The Bertz CT molecular complexity index is 991. The van der Waals surface area contributed by atoms with Crippen molar-refractivity contribution >= 4 is 0 Å². The Morgan fingerprint density at radius 1 is 0.469 bits per heavy atom. The molecule has 2 atom stereocenters. The Hall–Kier alpha value is -3.34. The van der Waals surface area contributed by atoms with Gasteiger partial charge in [0, 0.05) is 13.1 Å². The molecule has 32 heavy (non-hydrogen) atoms. The highest BCUT2D eigenvalue weighted by Crippen LogP contribution is 2.30. The average molecular weight is 429 g/mol. The average Bonchev–Trinajstić information content (AvgIpc) is 2.84. The topological polar surface area (TPSA) is 24.1 Å². The van der Waals surface area contributed by atoms with Gasteiger partial charge < -0.3 is 10.6 Å². The van der Waals surface area contributed by atoms with E-state index in [1.54, 1.807) is 24.3 Å². The predicted octanol–water partition coefficient (Wildman–Crippen LogP) is 6.33. The van der Waals surface area contributed by atoms with Crippen LogP contribution < -0.4 is 10.6 Å². The fraction of sp³-hybridized carbons (Fsp3) is 0.143. The van der Waals surface area contributed by atoms with E-state index in [2.05, 4.69) is 34.9 Å². The third kappa shape index (κ3) is 5.88. The van der Waals surface area contributed by atoms with Crippen LogP contribution in [-0.4, -0.2) is 0 Å². The molecule has 0 bridgehead atoms. The van der Waals surface area contributed by atoms with E-state index in [1.807, 2.05) is 36.4 Å². The number of rotatable bonds is 9. The summed E-state index contributed by atoms with van der Waals surface area (Å²) in [5, 5.41) is 7.29. The molecular weight excluding hydrogens is 402 g/mol. The van der Waals surface area contributed by atoms with Crippen LogP contribution >= 0.6 is 0 Å². The van der Waals surface area contributed by atoms with Crippen LogP contribution in [0.5, 0.6) is 0 Å². The summed E-state index contributed by atoms with van der Waals surface area (Å²) in [6, 6.07) is 33.1. The number of nitrogens with one attached hydrogen (secondary N) is 2. The molecule has 0 saturated heterocycles. The van der Waals surface area contributed by atoms with Crippen molar-refractivity contribution in [1.29, 1.82) is 0 Å². The maximum atomic E-state index is 13.7. The predicted molar refractivity (Wildman–Crippen MR) is 125 cm³/mol. The van der Waals surface area contributed by atoms with Crippen molar-refractivity contribution in [2.24, 2.45) is 0 Å². The Labute approximate surface area is 187 Å². The van der Waals surface area contributed by atoms with Crippen molar-refractivity contribution in [3.63, 3.8) is 0 Å². The molecule has 4 rings (SSSR count). The van der Waals surface area contributed by atoms with Crippen LogP contribution in [-0.2, 0) is 13.1 Å². The second-order valence-electron chi connectivity index (χ2n) is 7.79. The van der Waals surface area contributed by atoms with Crippen LogP contribution in [0.4, 0.5) is 8.78 Å². The van der Waals surface area contributed by atoms with Crippen molar-refractivity contribution in [2.75, 3.05) is 0 Å². The van der Waals surface area contributed by atoms with Crippen molar-refractivity contribution in [3.05, 3.63) is 143 Å². The van der Waals surface area contributed by atoms with E-state index in [0.717, 1.165) is 22.3 Å². The third-order valence-electron chi connectivity index (χ3n) is 5.53. The normalized spacial score (nSPS) is 12.9. The van der Waals surface area contributed by atoms with E-state index in [9.17, 15) is 8.78 Å². The van der Waals surface area contributed by atoms with E-state index in [-0.39, 0.29) is 23.7 Å². The van der Waals surface area contributed by atoms with Crippen molar-refractivity contribution < 1.29 is 8.78 Å². The number of hydrogen-bond donors (Lipinski definition) is 2. The lowest BCUT2D eigenvalue weighted by atomic mass is 9.92. The minimum atomic E-state index is -0.272. The first-order valence-corrected chi connectivity index (χ1v) is 10.7. The molecule has 0 spiro atoms. The second-order valence-corrected chi connectivity index (χ2v) is 7.79. The highest BCUT2D eigenvalue weighted by atomic mass is 19.1. The lowest BCUT2D eigenvalue weighted by Crippen LogP contribution is -2.35. The van der Waals surface area contributed by atoms with Gasteiger partial charge in [-0.05, 0) is 46.5 Å². The molecule has 2 N–H and O–H groups in total. The maximum absolute atomic E-state index is 13.7. The lowest BCUT2D eigenvalue weighted by Gasteiger charge is -2.30. The van der Waals surface area contributed by atoms with Crippen LogP contribution in [0, 0.1) is 11.6 Å². The van der Waals surface area contributed by atoms with E-state index in [4.69, 9.17) is 0 Å². The zero-order valence-corrected chi connectivity index (χ0v) is 17.7. The molecule has 0 aliphatic carbocycles. The van der Waals surface area contributed by atoms with Crippen LogP contribution in [0.25, 0.3) is 0 Å². The Morgan fingerprint density at radius 3 is 1.16 bits per heavy atom. The SMILES string of the molecule is Fc1ccc([C@H](NCc2ccccc2)[C@@H](NCc2ccccc2)c2ccc(F)cc2)cc1. The fourth-order valence-corrected chi connectivity index (χ4v) is 3.84. The highest BCUT2D eigenvalue weighted by Gasteiger charge is 2.24. The molecule has 162 valence electrons. The maximum Gasteiger partial charge on any atom is 0.123 e. The van der Waals surface area contributed by atoms with Gasteiger partial charge in [0.1, 0.15) is 11.6 Å². The molecule has 0 aliphatic heterocycles. The van der Waals surface area contributed by atoms with Gasteiger partial charge >= 0.3 is 0 Å². The quantitative estimate of drug-likeness (QED) is 0.326. The Kier molecular flexibility index (Phi) is 7.38. The Morgan fingerprint density at radius 2 is 0.812 bits per heavy atom. The Balaban J connectivity index is 1.66. The van der Waals surface area contributed by atoms with Crippen molar-refractivity contribution in [1.82, 2.24) is 10.6 Å². The molecule has 4 heteroatoms. The van der Waals surface area contributed by atoms with Crippen LogP contribution in [0.15, 0.2) is 109 Å². The fourth-order valence-electron chi connectivity index (χ4n) is 3.84. The van der Waals surface area contributed by atoms with Crippen molar-refractivity contribution in [3.8, 4) is 0 Å². The van der Waals surface area contributed by atoms with Gasteiger partial charge in [-0.15, -0.1) is 0 Å². The molecule has 0 saturated carbocycles. The summed E-state index contributed by atoms with van der Waals surface area (Å²) in [6.45, 7) is 1.29. The molecule has 0 aliphatic rings. The highest BCUT2D eigenvalue weighted by molar-refractivity contribution is 5.29. The summed E-state index contributed by atoms with van der Waals surface area (Å²) in [6.07, 6.45) is 0. The number of hydrogen-bond acceptors (Lipinski definition) is 2. The van der Waals surface area contributed by atoms with E-state index in [1.165, 1.54) is 24.3 Å². The largest absolute Gasteiger partial charge is 0.304 e. The van der Waals surface area contributed by atoms with Gasteiger partial charge in [0.2, 0.25) is 0 Å². The first-order chi connectivity index (χ1) is 15.7. The molecule has 0 amide bonds. The monoisotopic (exact) mass is 428 g/mol. The zero-order chi connectivity index (χ0) is 22.2. The van der Waals surface area contributed by atoms with Gasteiger partial charge in [-0.2, -0.15) is 0 Å². The smallest absolute Gasteiger partial charge is 0.123 e. The molecule has 4 aromatic carbocycles. The van der Waals surface area contributed by atoms with Gasteiger partial charge in [-0.3, -0.25) is 0 Å². The summed E-state index contributed by atoms with van der Waals surface area (Å²) in [5.74, 6) is -0.544. The first kappa shape index (κ1) is 21.9. The molecule has 0 radical (unpaired) electrons. The summed E-state index contributed by atoms with van der Waals surface area (Å²) < 4.78 is 27.3. The lowest BCUT2D eigenvalue weighted by molar-refractivity contribution is 0.380. The zero-order valence-electron chi connectivity index (χ0n) is 17.7. The second kappa shape index (κ2) is 10.8. The number of benzene rings is 4. The van der Waals surface area contributed by atoms with E-state index < -0.39 is 0 Å². The molecule has 0 aromatic heterocycles. The first-order valence-electron chi connectivity index (χ1n) is 10.7. The molecule has 2 nitrogen and oxygen atoms in total. The minimum Gasteiger partial charge on any atom is -0.304 e. The van der Waals surface area contributed by atoms with Gasteiger partial charge in [0.15, 0.2) is 0 Å². The van der Waals surface area contributed by atoms with Crippen molar-refractivity contribution in [2.45, 2.75) is 25.2 Å². The van der Waals surface area contributed by atoms with E-state index >= 15 is 0 Å². The number of halogens is 2. The van der Waals surface area contributed by atoms with Gasteiger partial charge in [0.25, 0.3) is 0 Å². The summed E-state index contributed by atoms with van der Waals surface area (Å²) in [4.78, 5) is 0. The molecule has 0 heterocycles. The van der Waals surface area contributed by atoms with Gasteiger partial charge in [-0.25, -0.2) is 8.78 Å². The summed E-state index contributed by atoms with van der Waals surface area (Å²) in [7, 11) is 0. The molecule has 0 unspecified atom stereocenters.